The van der Waals surface area contributed by atoms with E-state index in [2.05, 4.69) is 73.1 Å². The lowest BCUT2D eigenvalue weighted by molar-refractivity contribution is -0.161. The van der Waals surface area contributed by atoms with Crippen LogP contribution >= 0.6 is 7.82 Å². The number of rotatable bonds is 35. The molecule has 1 atom stereocenters. The van der Waals surface area contributed by atoms with Crippen molar-refractivity contribution in [3.8, 4) is 0 Å². The molecule has 0 radical (unpaired) electrons. The van der Waals surface area contributed by atoms with Gasteiger partial charge in [0.25, 0.3) is 0 Å². The van der Waals surface area contributed by atoms with Crippen LogP contribution in [0.4, 0.5) is 0 Å². The second-order valence-corrected chi connectivity index (χ2v) is 14.1. The average Bonchev–Trinajstić information content (AvgIpc) is 3.08. The molecule has 2 N–H and O–H groups in total. The van der Waals surface area contributed by atoms with Gasteiger partial charge < -0.3 is 19.3 Å². The summed E-state index contributed by atoms with van der Waals surface area (Å²) in [5, 5.41) is 0. The third-order valence-electron chi connectivity index (χ3n) is 8.05. The molecule has 0 spiro atoms. The molecule has 0 amide bonds. The molecule has 0 aliphatic heterocycles. The molecule has 0 fully saturated rings. The summed E-state index contributed by atoms with van der Waals surface area (Å²) < 4.78 is 26.3. The van der Waals surface area contributed by atoms with Gasteiger partial charge in [-0.25, -0.2) is 4.57 Å². The lowest BCUT2D eigenvalue weighted by Crippen LogP contribution is -2.29. The van der Waals surface area contributed by atoms with Crippen molar-refractivity contribution in [2.75, 3.05) is 13.2 Å². The van der Waals surface area contributed by atoms with Crippen molar-refractivity contribution in [1.29, 1.82) is 0 Å². The number of phosphoric acid groups is 1. The van der Waals surface area contributed by atoms with Crippen LogP contribution in [0, 0.1) is 0 Å². The number of hydrogen-bond donors (Lipinski definition) is 2. The summed E-state index contributed by atoms with van der Waals surface area (Å²) in [6.45, 7) is 3.52. The Hall–Kier alpha value is -2.25. The molecule has 0 aromatic rings. The molecule has 0 unspecified atom stereocenters. The molecule has 0 aromatic carbocycles. The lowest BCUT2D eigenvalue weighted by atomic mass is 10.0. The summed E-state index contributed by atoms with van der Waals surface area (Å²) in [6, 6.07) is 0. The number of phosphoric ester groups is 1. The van der Waals surface area contributed by atoms with Gasteiger partial charge in [0.1, 0.15) is 6.61 Å². The van der Waals surface area contributed by atoms with E-state index < -0.39 is 32.5 Å². The van der Waals surface area contributed by atoms with Crippen LogP contribution in [0.25, 0.3) is 0 Å². The fraction of sp³-hybridized carbons (Fsp3) is 0.707. The van der Waals surface area contributed by atoms with Crippen LogP contribution in [0.15, 0.2) is 60.8 Å². The maximum Gasteiger partial charge on any atom is 0.469 e. The Bertz CT molecular complexity index is 995. The Morgan fingerprint density at radius 3 is 1.42 bits per heavy atom. The molecule has 50 heavy (non-hydrogen) atoms. The molecule has 9 heteroatoms. The minimum Gasteiger partial charge on any atom is -0.462 e. The summed E-state index contributed by atoms with van der Waals surface area (Å²) in [6.07, 6.45) is 45.2. The van der Waals surface area contributed by atoms with Gasteiger partial charge in [0.05, 0.1) is 6.61 Å². The van der Waals surface area contributed by atoms with E-state index in [9.17, 15) is 14.2 Å². The smallest absolute Gasteiger partial charge is 0.462 e. The Morgan fingerprint density at radius 2 is 0.960 bits per heavy atom. The van der Waals surface area contributed by atoms with Gasteiger partial charge in [0.15, 0.2) is 6.10 Å². The van der Waals surface area contributed by atoms with Crippen LogP contribution in [0.3, 0.4) is 0 Å². The zero-order valence-corrected chi connectivity index (χ0v) is 32.4. The second kappa shape index (κ2) is 36.5. The normalized spacial score (nSPS) is 13.1. The van der Waals surface area contributed by atoms with Gasteiger partial charge in [-0.15, -0.1) is 0 Å². The molecular formula is C41H71O8P. The lowest BCUT2D eigenvalue weighted by Gasteiger charge is -2.18. The summed E-state index contributed by atoms with van der Waals surface area (Å²) in [4.78, 5) is 42.7. The minimum atomic E-state index is -4.76. The monoisotopic (exact) mass is 722 g/mol. The second-order valence-electron chi connectivity index (χ2n) is 12.9. The van der Waals surface area contributed by atoms with Crippen molar-refractivity contribution < 1.29 is 37.9 Å². The van der Waals surface area contributed by atoms with Crippen LogP contribution in [0.5, 0.6) is 0 Å². The highest BCUT2D eigenvalue weighted by Gasteiger charge is 2.22. The SMILES string of the molecule is CC/C=C/C/C=C/C/C=C/C/C=C/C/C=C/CCCC(=O)OC[C@H](COP(=O)(O)O)OC(=O)CCCCCCCCCCCCCCCCC. The van der Waals surface area contributed by atoms with E-state index in [1.807, 2.05) is 6.08 Å². The topological polar surface area (TPSA) is 119 Å². The van der Waals surface area contributed by atoms with E-state index in [1.54, 1.807) is 0 Å². The van der Waals surface area contributed by atoms with Crippen LogP contribution in [-0.4, -0.2) is 41.0 Å². The first-order valence-electron chi connectivity index (χ1n) is 19.6. The minimum absolute atomic E-state index is 0.188. The van der Waals surface area contributed by atoms with Gasteiger partial charge in [-0.3, -0.25) is 14.1 Å². The van der Waals surface area contributed by atoms with Crippen molar-refractivity contribution in [2.24, 2.45) is 0 Å². The van der Waals surface area contributed by atoms with Crippen molar-refractivity contribution in [3.63, 3.8) is 0 Å². The first-order chi connectivity index (χ1) is 24.3. The molecule has 288 valence electrons. The summed E-state index contributed by atoms with van der Waals surface area (Å²) in [5.41, 5.74) is 0. The van der Waals surface area contributed by atoms with Gasteiger partial charge >= 0.3 is 19.8 Å². The molecule has 0 rings (SSSR count). The average molecular weight is 723 g/mol. The van der Waals surface area contributed by atoms with Crippen molar-refractivity contribution in [3.05, 3.63) is 60.8 Å². The largest absolute Gasteiger partial charge is 0.469 e. The maximum atomic E-state index is 12.4. The molecule has 0 heterocycles. The molecule has 8 nitrogen and oxygen atoms in total. The highest BCUT2D eigenvalue weighted by Crippen LogP contribution is 2.36. The number of carbonyl (C=O) groups is 2. The zero-order valence-electron chi connectivity index (χ0n) is 31.5. The van der Waals surface area contributed by atoms with Crippen LogP contribution in [0.1, 0.15) is 168 Å². The van der Waals surface area contributed by atoms with Crippen LogP contribution in [0.2, 0.25) is 0 Å². The molecular weight excluding hydrogens is 651 g/mol. The predicted octanol–water partition coefficient (Wildman–Crippen LogP) is 11.7. The summed E-state index contributed by atoms with van der Waals surface area (Å²) in [7, 11) is -4.76. The van der Waals surface area contributed by atoms with E-state index in [-0.39, 0.29) is 19.4 Å². The highest BCUT2D eigenvalue weighted by atomic mass is 31.2. The first-order valence-corrected chi connectivity index (χ1v) is 21.1. The first kappa shape index (κ1) is 47.8. The summed E-state index contributed by atoms with van der Waals surface area (Å²) >= 11 is 0. The molecule has 0 bridgehead atoms. The Morgan fingerprint density at radius 1 is 0.540 bits per heavy atom. The highest BCUT2D eigenvalue weighted by molar-refractivity contribution is 7.46. The van der Waals surface area contributed by atoms with Crippen molar-refractivity contribution in [2.45, 2.75) is 174 Å². The molecule has 0 aliphatic rings. The predicted molar refractivity (Wildman–Crippen MR) is 207 cm³/mol. The standard InChI is InChI=1S/C41H71O8P/c1-3-5-7-9-11-13-15-17-19-20-22-23-25-27-29-31-33-35-40(42)47-37-39(38-48-50(44,45)46)49-41(43)36-34-32-30-28-26-24-21-18-16-14-12-10-8-6-4-2/h5,7,11,13,17,19,22-23,27,29,39H,3-4,6,8-10,12,14-16,18,20-21,24-26,28,30-38H2,1-2H3,(H2,44,45,46)/b7-5+,13-11+,19-17+,23-22+,29-27+/t39-/m1/s1. The molecule has 0 aliphatic carbocycles. The fourth-order valence-corrected chi connectivity index (χ4v) is 5.53. The Balaban J connectivity index is 4.05. The zero-order chi connectivity index (χ0) is 36.8. The van der Waals surface area contributed by atoms with E-state index in [0.717, 1.165) is 57.8 Å². The van der Waals surface area contributed by atoms with E-state index in [0.29, 0.717) is 12.8 Å². The number of ether oxygens (including phenoxy) is 2. The molecule has 0 saturated heterocycles. The van der Waals surface area contributed by atoms with Crippen molar-refractivity contribution in [1.82, 2.24) is 0 Å². The number of unbranched alkanes of at least 4 members (excludes halogenated alkanes) is 15. The van der Waals surface area contributed by atoms with E-state index in [1.165, 1.54) is 70.6 Å². The number of esters is 2. The number of allylic oxidation sites excluding steroid dienone is 10. The summed E-state index contributed by atoms with van der Waals surface area (Å²) in [5.74, 6) is -0.953. The fourth-order valence-electron chi connectivity index (χ4n) is 5.17. The van der Waals surface area contributed by atoms with Gasteiger partial charge in [0.2, 0.25) is 0 Å². The van der Waals surface area contributed by atoms with Crippen LogP contribution < -0.4 is 0 Å². The van der Waals surface area contributed by atoms with Gasteiger partial charge in [-0.1, -0.05) is 164 Å². The van der Waals surface area contributed by atoms with Gasteiger partial charge in [-0.2, -0.15) is 0 Å². The Kier molecular flexibility index (Phi) is 34.9. The van der Waals surface area contributed by atoms with E-state index >= 15 is 0 Å². The van der Waals surface area contributed by atoms with Gasteiger partial charge in [-0.05, 0) is 51.4 Å². The Labute approximate surface area is 305 Å². The quantitative estimate of drug-likeness (QED) is 0.0287. The molecule has 0 saturated carbocycles. The number of carbonyl (C=O) groups excluding carboxylic acids is 2. The van der Waals surface area contributed by atoms with Crippen molar-refractivity contribution >= 4 is 19.8 Å². The molecule has 0 aromatic heterocycles. The maximum absolute atomic E-state index is 12.4. The van der Waals surface area contributed by atoms with E-state index in [4.69, 9.17) is 19.3 Å². The van der Waals surface area contributed by atoms with Crippen LogP contribution in [-0.2, 0) is 28.2 Å². The third kappa shape index (κ3) is 38.6. The van der Waals surface area contributed by atoms with Gasteiger partial charge in [0, 0.05) is 12.8 Å². The number of hydrogen-bond acceptors (Lipinski definition) is 6. The third-order valence-corrected chi connectivity index (χ3v) is 8.54.